The van der Waals surface area contributed by atoms with Gasteiger partial charge in [-0.25, -0.2) is 0 Å². The molecule has 5 fully saturated rings. The molecule has 0 radical (unpaired) electrons. The second kappa shape index (κ2) is 10.9. The van der Waals surface area contributed by atoms with Crippen molar-refractivity contribution < 1.29 is 14.3 Å². The number of ether oxygens (including phenoxy) is 2. The smallest absolute Gasteiger partial charge is 0.320 e. The van der Waals surface area contributed by atoms with Gasteiger partial charge in [-0.05, 0) is 135 Å². The number of methoxy groups -OCH3 is 1. The summed E-state index contributed by atoms with van der Waals surface area (Å²) in [5.74, 6) is 2.77. The Balaban J connectivity index is 1.21. The minimum absolute atomic E-state index is 0.00477. The van der Waals surface area contributed by atoms with Gasteiger partial charge in [-0.2, -0.15) is 0 Å². The SMILES string of the molecule is CO[C@H]1CC[C@@]2(C)C(CC[C@@]3(C)CC4=CC[C@H]5C(C)(C)[C@H](OC(=O)CN6CCCCC6)CC[C@]5(C)[C@H]4CCC32)C1(C)C. The lowest BCUT2D eigenvalue weighted by Crippen LogP contribution is -2.58. The van der Waals surface area contributed by atoms with Crippen LogP contribution in [-0.4, -0.2) is 49.8 Å². The molecule has 0 spiro atoms. The van der Waals surface area contributed by atoms with E-state index in [1.807, 2.05) is 7.11 Å². The standard InChI is InChI=1S/C38H63NO3/c1-34(2)29-16-19-36(5)24-26-12-14-28-35(3,4)32(42-33(40)25-39-22-10-9-11-23-39)18-20-37(28,6)27(26)13-15-30(36)38(29,7)21-17-31(34)41-8/h12,27-32H,9-11,13-25H2,1-8H3/t27-,28-,29?,30?,31-,32+,36-,37+,38-/m0/s1. The van der Waals surface area contributed by atoms with Crippen molar-refractivity contribution in [2.45, 2.75) is 144 Å². The zero-order valence-electron chi connectivity index (χ0n) is 28.5. The van der Waals surface area contributed by atoms with Crippen LogP contribution in [0.2, 0.25) is 0 Å². The van der Waals surface area contributed by atoms with Crippen LogP contribution >= 0.6 is 0 Å². The Morgan fingerprint density at radius 3 is 2.17 bits per heavy atom. The van der Waals surface area contributed by atoms with Crippen molar-refractivity contribution in [3.63, 3.8) is 0 Å². The van der Waals surface area contributed by atoms with E-state index in [-0.39, 0.29) is 22.9 Å². The van der Waals surface area contributed by atoms with Gasteiger partial charge in [0.2, 0.25) is 0 Å². The second-order valence-electron chi connectivity index (χ2n) is 17.9. The number of carbonyl (C=O) groups excluding carboxylic acids is 1. The molecule has 0 N–H and O–H groups in total. The summed E-state index contributed by atoms with van der Waals surface area (Å²) in [6.07, 6.45) is 19.5. The van der Waals surface area contributed by atoms with Gasteiger partial charge in [-0.15, -0.1) is 0 Å². The first kappa shape index (κ1) is 31.1. The van der Waals surface area contributed by atoms with E-state index in [1.54, 1.807) is 5.57 Å². The third-order valence-electron chi connectivity index (χ3n) is 15.2. The van der Waals surface area contributed by atoms with Gasteiger partial charge in [-0.3, -0.25) is 9.69 Å². The lowest BCUT2D eigenvalue weighted by molar-refractivity contribution is -0.178. The van der Waals surface area contributed by atoms with Crippen molar-refractivity contribution in [2.24, 2.45) is 50.7 Å². The summed E-state index contributed by atoms with van der Waals surface area (Å²) in [6.45, 7) is 20.4. The first-order valence-electron chi connectivity index (χ1n) is 17.9. The maximum Gasteiger partial charge on any atom is 0.320 e. The molecule has 42 heavy (non-hydrogen) atoms. The Morgan fingerprint density at radius 2 is 1.45 bits per heavy atom. The molecule has 6 rings (SSSR count). The molecule has 1 saturated heterocycles. The highest BCUT2D eigenvalue weighted by Crippen LogP contribution is 2.70. The van der Waals surface area contributed by atoms with Crippen LogP contribution in [0.4, 0.5) is 0 Å². The van der Waals surface area contributed by atoms with Crippen LogP contribution in [0.5, 0.6) is 0 Å². The Kier molecular flexibility index (Phi) is 8.07. The summed E-state index contributed by atoms with van der Waals surface area (Å²) in [5.41, 5.74) is 3.13. The van der Waals surface area contributed by atoms with Gasteiger partial charge >= 0.3 is 5.97 Å². The molecule has 6 aliphatic rings. The maximum absolute atomic E-state index is 13.1. The number of allylic oxidation sites excluding steroid dienone is 2. The number of rotatable bonds is 4. The number of hydrogen-bond donors (Lipinski definition) is 0. The van der Waals surface area contributed by atoms with Crippen molar-refractivity contribution in [1.29, 1.82) is 0 Å². The van der Waals surface area contributed by atoms with Gasteiger partial charge in [0, 0.05) is 12.5 Å². The van der Waals surface area contributed by atoms with Gasteiger partial charge in [0.15, 0.2) is 0 Å². The number of hydrogen-bond acceptors (Lipinski definition) is 4. The Bertz CT molecular complexity index is 1060. The normalized spacial score (nSPS) is 46.6. The second-order valence-corrected chi connectivity index (χ2v) is 17.9. The molecule has 2 unspecified atom stereocenters. The van der Waals surface area contributed by atoms with E-state index in [0.29, 0.717) is 40.7 Å². The summed E-state index contributed by atoms with van der Waals surface area (Å²) in [5, 5.41) is 0. The number of nitrogens with zero attached hydrogens (tertiary/aromatic N) is 1. The fraction of sp³-hybridized carbons (Fsp3) is 0.921. The average Bonchev–Trinajstić information content (AvgIpc) is 3.08. The van der Waals surface area contributed by atoms with E-state index >= 15 is 0 Å². The zero-order chi connectivity index (χ0) is 30.1. The summed E-state index contributed by atoms with van der Waals surface area (Å²) >= 11 is 0. The topological polar surface area (TPSA) is 38.8 Å². The monoisotopic (exact) mass is 581 g/mol. The number of esters is 1. The average molecular weight is 582 g/mol. The van der Waals surface area contributed by atoms with Gasteiger partial charge in [-0.1, -0.05) is 66.5 Å². The van der Waals surface area contributed by atoms with E-state index in [4.69, 9.17) is 9.47 Å². The van der Waals surface area contributed by atoms with Gasteiger partial charge < -0.3 is 9.47 Å². The van der Waals surface area contributed by atoms with Crippen molar-refractivity contribution in [3.05, 3.63) is 11.6 Å². The Morgan fingerprint density at radius 1 is 0.786 bits per heavy atom. The van der Waals surface area contributed by atoms with Gasteiger partial charge in [0.05, 0.1) is 12.6 Å². The molecule has 5 aliphatic carbocycles. The largest absolute Gasteiger partial charge is 0.461 e. The molecule has 1 aliphatic heterocycles. The van der Waals surface area contributed by atoms with Gasteiger partial charge in [0.1, 0.15) is 6.10 Å². The summed E-state index contributed by atoms with van der Waals surface area (Å²) < 4.78 is 12.4. The predicted molar refractivity (Wildman–Crippen MR) is 171 cm³/mol. The highest BCUT2D eigenvalue weighted by atomic mass is 16.5. The molecule has 4 saturated carbocycles. The molecule has 0 aromatic heterocycles. The molecular weight excluding hydrogens is 518 g/mol. The van der Waals surface area contributed by atoms with Crippen LogP contribution in [-0.2, 0) is 14.3 Å². The molecule has 9 atom stereocenters. The minimum Gasteiger partial charge on any atom is -0.461 e. The van der Waals surface area contributed by atoms with Gasteiger partial charge in [0.25, 0.3) is 0 Å². The highest BCUT2D eigenvalue weighted by molar-refractivity contribution is 5.72. The van der Waals surface area contributed by atoms with Crippen molar-refractivity contribution in [2.75, 3.05) is 26.7 Å². The highest BCUT2D eigenvalue weighted by Gasteiger charge is 2.63. The minimum atomic E-state index is -0.00477. The fourth-order valence-corrected chi connectivity index (χ4v) is 13.0. The fourth-order valence-electron chi connectivity index (χ4n) is 13.0. The van der Waals surface area contributed by atoms with Crippen molar-refractivity contribution >= 4 is 5.97 Å². The van der Waals surface area contributed by atoms with Crippen LogP contribution in [0.15, 0.2) is 11.6 Å². The van der Waals surface area contributed by atoms with Crippen LogP contribution in [0.1, 0.15) is 132 Å². The maximum atomic E-state index is 13.1. The quantitative estimate of drug-likeness (QED) is 0.246. The molecule has 0 aromatic rings. The number of piperidine rings is 1. The van der Waals surface area contributed by atoms with E-state index in [9.17, 15) is 4.79 Å². The summed E-state index contributed by atoms with van der Waals surface area (Å²) in [4.78, 5) is 15.4. The molecular formula is C38H63NO3. The zero-order valence-corrected chi connectivity index (χ0v) is 28.5. The lowest BCUT2D eigenvalue weighted by atomic mass is 9.42. The van der Waals surface area contributed by atoms with E-state index < -0.39 is 0 Å². The van der Waals surface area contributed by atoms with Crippen LogP contribution in [0.25, 0.3) is 0 Å². The number of fused-ring (bicyclic) bond motifs is 6. The summed E-state index contributed by atoms with van der Waals surface area (Å²) in [6, 6.07) is 0. The molecule has 0 aromatic carbocycles. The van der Waals surface area contributed by atoms with E-state index in [0.717, 1.165) is 37.8 Å². The van der Waals surface area contributed by atoms with Crippen LogP contribution in [0.3, 0.4) is 0 Å². The van der Waals surface area contributed by atoms with Crippen molar-refractivity contribution in [1.82, 2.24) is 4.90 Å². The Labute approximate surface area is 258 Å². The first-order chi connectivity index (χ1) is 19.8. The third-order valence-corrected chi connectivity index (χ3v) is 15.2. The van der Waals surface area contributed by atoms with Crippen molar-refractivity contribution in [3.8, 4) is 0 Å². The lowest BCUT2D eigenvalue weighted by Gasteiger charge is -2.64. The molecule has 4 heteroatoms. The summed E-state index contributed by atoms with van der Waals surface area (Å²) in [7, 11) is 1.94. The molecule has 0 amide bonds. The molecule has 238 valence electrons. The van der Waals surface area contributed by atoms with Crippen LogP contribution in [0, 0.1) is 50.7 Å². The Hall–Kier alpha value is -0.870. The molecule has 4 nitrogen and oxygen atoms in total. The molecule has 0 bridgehead atoms. The van der Waals surface area contributed by atoms with Crippen LogP contribution < -0.4 is 0 Å². The molecule has 1 heterocycles. The van der Waals surface area contributed by atoms with E-state index in [1.165, 1.54) is 70.6 Å². The number of likely N-dealkylation sites (tertiary alicyclic amines) is 1. The predicted octanol–water partition coefficient (Wildman–Crippen LogP) is 8.83. The van der Waals surface area contributed by atoms with E-state index in [2.05, 4.69) is 59.4 Å². The third kappa shape index (κ3) is 4.87. The first-order valence-corrected chi connectivity index (χ1v) is 17.9. The number of carbonyl (C=O) groups is 1.